The van der Waals surface area contributed by atoms with E-state index >= 15 is 0 Å². The predicted octanol–water partition coefficient (Wildman–Crippen LogP) is 5.69. The molecule has 3 aromatic rings. The summed E-state index contributed by atoms with van der Waals surface area (Å²) in [5.74, 6) is -0.496. The lowest BCUT2D eigenvalue weighted by atomic mass is 10.1. The van der Waals surface area contributed by atoms with Gasteiger partial charge in [-0.2, -0.15) is 5.26 Å². The molecule has 0 aliphatic rings. The van der Waals surface area contributed by atoms with Crippen LogP contribution in [0.25, 0.3) is 16.8 Å². The lowest BCUT2D eigenvalue weighted by molar-refractivity contribution is -0.112. The maximum Gasteiger partial charge on any atom is 0.266 e. The lowest BCUT2D eigenvalue weighted by Crippen LogP contribution is -2.13. The molecular weight excluding hydrogens is 355 g/mol. The maximum atomic E-state index is 12.4. The van der Waals surface area contributed by atoms with E-state index in [2.05, 4.69) is 5.32 Å². The van der Waals surface area contributed by atoms with E-state index in [-0.39, 0.29) is 5.57 Å². The smallest absolute Gasteiger partial charge is 0.266 e. The molecule has 0 unspecified atom stereocenters. The number of hydrogen-bond acceptors (Lipinski definition) is 2. The summed E-state index contributed by atoms with van der Waals surface area (Å²) in [7, 11) is 0. The summed E-state index contributed by atoms with van der Waals surface area (Å²) in [5, 5.41) is 15.0. The zero-order valence-electron chi connectivity index (χ0n) is 13.0. The summed E-state index contributed by atoms with van der Waals surface area (Å²) in [4.78, 5) is 12.4. The molecule has 0 heterocycles. The number of rotatable bonds is 3. The van der Waals surface area contributed by atoms with Gasteiger partial charge in [-0.05, 0) is 46.7 Å². The van der Waals surface area contributed by atoms with E-state index in [0.29, 0.717) is 21.3 Å². The first-order valence-corrected chi connectivity index (χ1v) is 8.19. The molecule has 0 fully saturated rings. The first-order valence-electron chi connectivity index (χ1n) is 7.44. The summed E-state index contributed by atoms with van der Waals surface area (Å²) in [6, 6.07) is 20.2. The van der Waals surface area contributed by atoms with Crippen molar-refractivity contribution < 1.29 is 4.79 Å². The number of anilines is 1. The van der Waals surface area contributed by atoms with Crippen LogP contribution in [0.3, 0.4) is 0 Å². The third kappa shape index (κ3) is 4.00. The summed E-state index contributed by atoms with van der Waals surface area (Å²) < 4.78 is 0. The SMILES string of the molecule is N#C/C(=C\c1ccc(Cl)cc1Cl)C(=O)Nc1ccc2ccccc2c1. The van der Waals surface area contributed by atoms with Crippen molar-refractivity contribution in [1.82, 2.24) is 0 Å². The number of benzene rings is 3. The first-order chi connectivity index (χ1) is 12.1. The van der Waals surface area contributed by atoms with Gasteiger partial charge in [0.05, 0.1) is 0 Å². The molecule has 122 valence electrons. The van der Waals surface area contributed by atoms with E-state index in [1.807, 2.05) is 42.5 Å². The van der Waals surface area contributed by atoms with Crippen LogP contribution in [0.15, 0.2) is 66.2 Å². The van der Waals surface area contributed by atoms with Crippen LogP contribution in [0, 0.1) is 11.3 Å². The second kappa shape index (κ2) is 7.40. The van der Waals surface area contributed by atoms with Gasteiger partial charge >= 0.3 is 0 Å². The van der Waals surface area contributed by atoms with Crippen molar-refractivity contribution in [2.24, 2.45) is 0 Å². The van der Waals surface area contributed by atoms with Gasteiger partial charge < -0.3 is 5.32 Å². The minimum absolute atomic E-state index is 0.0441. The first kappa shape index (κ1) is 17.0. The molecule has 0 radical (unpaired) electrons. The highest BCUT2D eigenvalue weighted by Gasteiger charge is 2.11. The van der Waals surface area contributed by atoms with Gasteiger partial charge in [0.25, 0.3) is 5.91 Å². The molecular formula is C20H12Cl2N2O. The zero-order valence-corrected chi connectivity index (χ0v) is 14.5. The molecule has 0 atom stereocenters. The molecule has 3 nitrogen and oxygen atoms in total. The highest BCUT2D eigenvalue weighted by molar-refractivity contribution is 6.35. The van der Waals surface area contributed by atoms with Crippen LogP contribution in [0.2, 0.25) is 10.0 Å². The predicted molar refractivity (Wildman–Crippen MR) is 103 cm³/mol. The third-order valence-electron chi connectivity index (χ3n) is 3.63. The fourth-order valence-corrected chi connectivity index (χ4v) is 2.85. The van der Waals surface area contributed by atoms with Crippen molar-refractivity contribution in [3.05, 3.63) is 81.8 Å². The van der Waals surface area contributed by atoms with E-state index in [1.165, 1.54) is 6.08 Å². The van der Waals surface area contributed by atoms with Crippen molar-refractivity contribution in [3.8, 4) is 6.07 Å². The molecule has 3 aromatic carbocycles. The normalized spacial score (nSPS) is 11.2. The average Bonchev–Trinajstić information content (AvgIpc) is 2.61. The van der Waals surface area contributed by atoms with Crippen molar-refractivity contribution in [1.29, 1.82) is 5.26 Å². The fraction of sp³-hybridized carbons (Fsp3) is 0. The number of hydrogen-bond donors (Lipinski definition) is 1. The van der Waals surface area contributed by atoms with Crippen LogP contribution in [-0.2, 0) is 4.79 Å². The Bertz CT molecular complexity index is 1040. The van der Waals surface area contributed by atoms with E-state index in [9.17, 15) is 10.1 Å². The Labute approximate surface area is 155 Å². The van der Waals surface area contributed by atoms with Crippen molar-refractivity contribution in [2.75, 3.05) is 5.32 Å². The molecule has 0 saturated heterocycles. The van der Waals surface area contributed by atoms with E-state index in [4.69, 9.17) is 23.2 Å². The number of carbonyl (C=O) groups excluding carboxylic acids is 1. The molecule has 0 aliphatic heterocycles. The van der Waals surface area contributed by atoms with E-state index in [1.54, 1.807) is 24.3 Å². The molecule has 0 aliphatic carbocycles. The summed E-state index contributed by atoms with van der Waals surface area (Å²) in [6.45, 7) is 0. The largest absolute Gasteiger partial charge is 0.321 e. The third-order valence-corrected chi connectivity index (χ3v) is 4.20. The molecule has 0 bridgehead atoms. The number of halogens is 2. The molecule has 3 rings (SSSR count). The quantitative estimate of drug-likeness (QED) is 0.477. The highest BCUT2D eigenvalue weighted by atomic mass is 35.5. The minimum atomic E-state index is -0.496. The van der Waals surface area contributed by atoms with E-state index in [0.717, 1.165) is 10.8 Å². The Morgan fingerprint density at radius 2 is 1.76 bits per heavy atom. The van der Waals surface area contributed by atoms with Crippen LogP contribution in [-0.4, -0.2) is 5.91 Å². The Kier molecular flexibility index (Phi) is 5.04. The van der Waals surface area contributed by atoms with Crippen molar-refractivity contribution >= 4 is 51.6 Å². The van der Waals surface area contributed by atoms with Gasteiger partial charge in [0.15, 0.2) is 0 Å². The van der Waals surface area contributed by atoms with Gasteiger partial charge in [-0.3, -0.25) is 4.79 Å². The monoisotopic (exact) mass is 366 g/mol. The number of fused-ring (bicyclic) bond motifs is 1. The fourth-order valence-electron chi connectivity index (χ4n) is 2.39. The standard InChI is InChI=1S/C20H12Cl2N2O/c21-17-7-5-15(19(22)11-17)9-16(12-23)20(25)24-18-8-6-13-3-1-2-4-14(13)10-18/h1-11H,(H,24,25)/b16-9+. The van der Waals surface area contributed by atoms with Gasteiger partial charge in [-0.1, -0.05) is 59.6 Å². The second-order valence-corrected chi connectivity index (χ2v) is 6.20. The molecule has 25 heavy (non-hydrogen) atoms. The highest BCUT2D eigenvalue weighted by Crippen LogP contribution is 2.24. The van der Waals surface area contributed by atoms with Gasteiger partial charge in [-0.25, -0.2) is 0 Å². The van der Waals surface area contributed by atoms with Gasteiger partial charge in [0, 0.05) is 15.7 Å². The number of nitrogens with one attached hydrogen (secondary N) is 1. The number of amides is 1. The van der Waals surface area contributed by atoms with Crippen LogP contribution in [0.1, 0.15) is 5.56 Å². The maximum absolute atomic E-state index is 12.4. The Hall–Kier alpha value is -2.80. The van der Waals surface area contributed by atoms with Gasteiger partial charge in [-0.15, -0.1) is 0 Å². The van der Waals surface area contributed by atoms with Crippen molar-refractivity contribution in [3.63, 3.8) is 0 Å². The minimum Gasteiger partial charge on any atom is -0.321 e. The second-order valence-electron chi connectivity index (χ2n) is 5.35. The van der Waals surface area contributed by atoms with Crippen LogP contribution in [0.5, 0.6) is 0 Å². The Morgan fingerprint density at radius 3 is 2.48 bits per heavy atom. The Balaban J connectivity index is 1.86. The topological polar surface area (TPSA) is 52.9 Å². The van der Waals surface area contributed by atoms with E-state index < -0.39 is 5.91 Å². The van der Waals surface area contributed by atoms with Crippen LogP contribution < -0.4 is 5.32 Å². The average molecular weight is 367 g/mol. The molecule has 1 amide bonds. The number of carbonyl (C=O) groups is 1. The molecule has 1 N–H and O–H groups in total. The lowest BCUT2D eigenvalue weighted by Gasteiger charge is -2.06. The van der Waals surface area contributed by atoms with Gasteiger partial charge in [0.2, 0.25) is 0 Å². The number of nitriles is 1. The Morgan fingerprint density at radius 1 is 1.00 bits per heavy atom. The molecule has 5 heteroatoms. The summed E-state index contributed by atoms with van der Waals surface area (Å²) >= 11 is 11.9. The van der Waals surface area contributed by atoms with Crippen LogP contribution in [0.4, 0.5) is 5.69 Å². The van der Waals surface area contributed by atoms with Crippen LogP contribution >= 0.6 is 23.2 Å². The number of nitrogens with zero attached hydrogens (tertiary/aromatic N) is 1. The van der Waals surface area contributed by atoms with Crippen molar-refractivity contribution in [2.45, 2.75) is 0 Å². The molecule has 0 aromatic heterocycles. The zero-order chi connectivity index (χ0) is 17.8. The summed E-state index contributed by atoms with van der Waals surface area (Å²) in [5.41, 5.74) is 1.13. The molecule has 0 spiro atoms. The summed E-state index contributed by atoms with van der Waals surface area (Å²) in [6.07, 6.45) is 1.44. The van der Waals surface area contributed by atoms with Gasteiger partial charge in [0.1, 0.15) is 11.6 Å². The molecule has 0 saturated carbocycles.